The van der Waals surface area contributed by atoms with Crippen LogP contribution in [-0.4, -0.2) is 9.38 Å². The Labute approximate surface area is 140 Å². The quantitative estimate of drug-likeness (QED) is 0.533. The molecule has 0 saturated heterocycles. The van der Waals surface area contributed by atoms with Gasteiger partial charge in [-0.3, -0.25) is 4.40 Å². The minimum Gasteiger partial charge on any atom is -0.283 e. The molecule has 0 aliphatic rings. The van der Waals surface area contributed by atoms with Crippen LogP contribution in [-0.2, 0) is 0 Å². The number of rotatable bonds is 3. The molecule has 0 radical (unpaired) electrons. The number of aryl methyl sites for hydroxylation is 2. The van der Waals surface area contributed by atoms with Crippen molar-refractivity contribution in [3.05, 3.63) is 58.4 Å². The third kappa shape index (κ3) is 2.99. The van der Waals surface area contributed by atoms with Crippen molar-refractivity contribution < 1.29 is 0 Å². The predicted molar refractivity (Wildman–Crippen MR) is 94.4 cm³/mol. The molecule has 0 atom stereocenters. The molecule has 3 aromatic rings. The second-order valence-electron chi connectivity index (χ2n) is 6.02. The van der Waals surface area contributed by atoms with E-state index in [1.807, 2.05) is 48.7 Å². The molecule has 5 heteroatoms. The smallest absolute Gasteiger partial charge is 0.183 e. The predicted octanol–water partition coefficient (Wildman–Crippen LogP) is 6.14. The van der Waals surface area contributed by atoms with Crippen molar-refractivity contribution in [3.63, 3.8) is 0 Å². The second-order valence-corrected chi connectivity index (χ2v) is 6.42. The number of hydrogen-bond acceptors (Lipinski definition) is 3. The number of pyridine rings is 1. The summed E-state index contributed by atoms with van der Waals surface area (Å²) >= 11 is 6.32. The van der Waals surface area contributed by atoms with Gasteiger partial charge < -0.3 is 0 Å². The minimum absolute atomic E-state index is 0.262. The van der Waals surface area contributed by atoms with E-state index < -0.39 is 0 Å². The highest BCUT2D eigenvalue weighted by atomic mass is 35.5. The van der Waals surface area contributed by atoms with Gasteiger partial charge in [-0.25, -0.2) is 4.98 Å². The van der Waals surface area contributed by atoms with Crippen LogP contribution >= 0.6 is 11.6 Å². The summed E-state index contributed by atoms with van der Waals surface area (Å²) < 4.78 is 1.95. The molecular formula is C18H19ClN4. The second kappa shape index (κ2) is 6.13. The molecule has 4 nitrogen and oxygen atoms in total. The first kappa shape index (κ1) is 15.7. The summed E-state index contributed by atoms with van der Waals surface area (Å²) in [6.45, 7) is 8.21. The largest absolute Gasteiger partial charge is 0.283 e. The number of aromatic nitrogens is 2. The first-order chi connectivity index (χ1) is 11.0. The number of azo groups is 1. The molecule has 118 valence electrons. The number of imidazole rings is 1. The van der Waals surface area contributed by atoms with E-state index in [1.165, 1.54) is 0 Å². The Hall–Kier alpha value is -2.20. The molecule has 2 heterocycles. The average molecular weight is 327 g/mol. The summed E-state index contributed by atoms with van der Waals surface area (Å²) in [6, 6.07) is 9.85. The van der Waals surface area contributed by atoms with Gasteiger partial charge in [-0.1, -0.05) is 37.6 Å². The van der Waals surface area contributed by atoms with Gasteiger partial charge >= 0.3 is 0 Å². The molecule has 0 fully saturated rings. The number of benzene rings is 1. The fourth-order valence-electron chi connectivity index (χ4n) is 2.62. The molecule has 0 N–H and O–H groups in total. The van der Waals surface area contributed by atoms with Crippen LogP contribution in [0, 0.1) is 13.8 Å². The number of halogens is 1. The molecule has 3 rings (SSSR count). The lowest BCUT2D eigenvalue weighted by Gasteiger charge is -2.05. The van der Waals surface area contributed by atoms with Crippen molar-refractivity contribution in [2.24, 2.45) is 10.2 Å². The first-order valence-electron chi connectivity index (χ1n) is 7.63. The van der Waals surface area contributed by atoms with E-state index in [0.29, 0.717) is 10.7 Å². The normalized spacial score (nSPS) is 11.9. The van der Waals surface area contributed by atoms with Crippen LogP contribution in [0.1, 0.15) is 36.6 Å². The molecule has 0 unspecified atom stereocenters. The standard InChI is InChI=1S/C18H19ClN4/c1-11(2)16-18(23-8-6-5-7-15(23)20-16)22-21-17-13(4)9-12(3)10-14(17)19/h5-11H,1-4H3. The fourth-order valence-corrected chi connectivity index (χ4v) is 2.98. The molecule has 0 saturated carbocycles. The van der Waals surface area contributed by atoms with Gasteiger partial charge in [0.25, 0.3) is 0 Å². The monoisotopic (exact) mass is 326 g/mol. The summed E-state index contributed by atoms with van der Waals surface area (Å²) in [5, 5.41) is 9.51. The molecule has 0 amide bonds. The summed E-state index contributed by atoms with van der Waals surface area (Å²) in [6.07, 6.45) is 1.95. The number of hydrogen-bond donors (Lipinski definition) is 0. The minimum atomic E-state index is 0.262. The van der Waals surface area contributed by atoms with E-state index in [-0.39, 0.29) is 5.92 Å². The van der Waals surface area contributed by atoms with Crippen LogP contribution in [0.2, 0.25) is 5.02 Å². The Kier molecular flexibility index (Phi) is 4.18. The Morgan fingerprint density at radius 2 is 1.91 bits per heavy atom. The molecular weight excluding hydrogens is 308 g/mol. The van der Waals surface area contributed by atoms with Crippen LogP contribution in [0.5, 0.6) is 0 Å². The molecule has 23 heavy (non-hydrogen) atoms. The van der Waals surface area contributed by atoms with E-state index in [0.717, 1.165) is 28.3 Å². The number of nitrogens with zero attached hydrogens (tertiary/aromatic N) is 4. The zero-order valence-electron chi connectivity index (χ0n) is 13.7. The summed E-state index contributed by atoms with van der Waals surface area (Å²) in [7, 11) is 0. The lowest BCUT2D eigenvalue weighted by atomic mass is 10.1. The third-order valence-electron chi connectivity index (χ3n) is 3.72. The molecule has 0 aliphatic heterocycles. The van der Waals surface area contributed by atoms with E-state index >= 15 is 0 Å². The van der Waals surface area contributed by atoms with Crippen LogP contribution in [0.15, 0.2) is 46.8 Å². The van der Waals surface area contributed by atoms with Gasteiger partial charge in [0.05, 0.1) is 10.7 Å². The summed E-state index contributed by atoms with van der Waals surface area (Å²) in [5.74, 6) is 1.02. The summed E-state index contributed by atoms with van der Waals surface area (Å²) in [4.78, 5) is 4.66. The van der Waals surface area contributed by atoms with Gasteiger partial charge in [0.1, 0.15) is 11.3 Å². The van der Waals surface area contributed by atoms with Crippen LogP contribution < -0.4 is 0 Å². The summed E-state index contributed by atoms with van der Waals surface area (Å²) in [5.41, 5.74) is 4.64. The lowest BCUT2D eigenvalue weighted by Crippen LogP contribution is -1.88. The van der Waals surface area contributed by atoms with E-state index in [2.05, 4.69) is 35.1 Å². The van der Waals surface area contributed by atoms with Crippen LogP contribution in [0.25, 0.3) is 5.65 Å². The maximum atomic E-state index is 6.32. The van der Waals surface area contributed by atoms with Crippen LogP contribution in [0.4, 0.5) is 11.5 Å². The Bertz CT molecular complexity index is 870. The van der Waals surface area contributed by atoms with Crippen molar-refractivity contribution in [2.45, 2.75) is 33.6 Å². The van der Waals surface area contributed by atoms with Crippen molar-refractivity contribution >= 4 is 28.8 Å². The highest BCUT2D eigenvalue weighted by Gasteiger charge is 2.15. The third-order valence-corrected chi connectivity index (χ3v) is 4.01. The van der Waals surface area contributed by atoms with Crippen molar-refractivity contribution in [1.82, 2.24) is 9.38 Å². The maximum Gasteiger partial charge on any atom is 0.183 e. The van der Waals surface area contributed by atoms with Crippen molar-refractivity contribution in [2.75, 3.05) is 0 Å². The fraction of sp³-hybridized carbons (Fsp3) is 0.278. The van der Waals surface area contributed by atoms with E-state index in [1.54, 1.807) is 0 Å². The van der Waals surface area contributed by atoms with Gasteiger partial charge in [-0.15, -0.1) is 10.2 Å². The van der Waals surface area contributed by atoms with E-state index in [9.17, 15) is 0 Å². The molecule has 2 aromatic heterocycles. The zero-order valence-corrected chi connectivity index (χ0v) is 14.5. The molecule has 0 aliphatic carbocycles. The van der Waals surface area contributed by atoms with Gasteiger partial charge in [0, 0.05) is 6.20 Å². The van der Waals surface area contributed by atoms with E-state index in [4.69, 9.17) is 11.6 Å². The maximum absolute atomic E-state index is 6.32. The zero-order chi connectivity index (χ0) is 16.6. The molecule has 1 aromatic carbocycles. The van der Waals surface area contributed by atoms with Gasteiger partial charge in [0.2, 0.25) is 0 Å². The van der Waals surface area contributed by atoms with Crippen molar-refractivity contribution in [1.29, 1.82) is 0 Å². The van der Waals surface area contributed by atoms with Gasteiger partial charge in [-0.2, -0.15) is 0 Å². The van der Waals surface area contributed by atoms with Gasteiger partial charge in [0.15, 0.2) is 5.82 Å². The highest BCUT2D eigenvalue weighted by molar-refractivity contribution is 6.33. The highest BCUT2D eigenvalue weighted by Crippen LogP contribution is 2.33. The van der Waals surface area contributed by atoms with Crippen molar-refractivity contribution in [3.8, 4) is 0 Å². The Morgan fingerprint density at radius 3 is 2.61 bits per heavy atom. The van der Waals surface area contributed by atoms with Crippen LogP contribution in [0.3, 0.4) is 0 Å². The molecule has 0 spiro atoms. The average Bonchev–Trinajstić information content (AvgIpc) is 2.85. The lowest BCUT2D eigenvalue weighted by molar-refractivity contribution is 0.831. The number of fused-ring (bicyclic) bond motifs is 1. The first-order valence-corrected chi connectivity index (χ1v) is 8.00. The molecule has 0 bridgehead atoms. The van der Waals surface area contributed by atoms with Gasteiger partial charge in [-0.05, 0) is 49.1 Å². The Morgan fingerprint density at radius 1 is 1.13 bits per heavy atom. The topological polar surface area (TPSA) is 42.0 Å². The Balaban J connectivity index is 2.13. The SMILES string of the molecule is Cc1cc(C)c(N=Nc2c(C(C)C)nc3ccccn23)c(Cl)c1.